The summed E-state index contributed by atoms with van der Waals surface area (Å²) in [7, 11) is 0. The Morgan fingerprint density at radius 1 is 0.767 bits per heavy atom. The topological polar surface area (TPSA) is 119 Å². The van der Waals surface area contributed by atoms with E-state index in [9.17, 15) is 4.79 Å². The minimum atomic E-state index is -0.900. The van der Waals surface area contributed by atoms with E-state index in [2.05, 4.69) is 57.1 Å². The minimum absolute atomic E-state index is 0.275. The van der Waals surface area contributed by atoms with Crippen molar-refractivity contribution in [3.8, 4) is 0 Å². The van der Waals surface area contributed by atoms with Gasteiger partial charge in [0.15, 0.2) is 6.04 Å². The molecule has 3 rings (SSSR count). The van der Waals surface area contributed by atoms with Crippen LogP contribution in [0.3, 0.4) is 0 Å². The van der Waals surface area contributed by atoms with Crippen LogP contribution < -0.4 is 11.7 Å². The molecule has 3 aromatic carbocycles. The van der Waals surface area contributed by atoms with E-state index in [0.29, 0.717) is 0 Å². The molecule has 4 N–H and O–H groups in total. The van der Waals surface area contributed by atoms with Crippen molar-refractivity contribution in [2.45, 2.75) is 10.8 Å². The maximum atomic E-state index is 12.3. The van der Waals surface area contributed by atoms with Gasteiger partial charge < -0.3 is 11.7 Å². The first-order chi connectivity index (χ1) is 14.7. The average Bonchev–Trinajstić information content (AvgIpc) is 2.81. The molecule has 0 saturated heterocycles. The number of hydrogen-bond donors (Lipinski definition) is 2. The Labute approximate surface area is 179 Å². The Kier molecular flexibility index (Phi) is 7.29. The van der Waals surface area contributed by atoms with Crippen molar-refractivity contribution in [3.05, 3.63) is 108 Å². The molecule has 8 heteroatoms. The van der Waals surface area contributed by atoms with Crippen LogP contribution in [0.25, 0.3) is 0 Å². The summed E-state index contributed by atoms with van der Waals surface area (Å²) in [6, 6.07) is 29.5. The molecule has 152 valence electrons. The van der Waals surface area contributed by atoms with Crippen LogP contribution in [0.5, 0.6) is 0 Å². The number of nitrogens with zero attached hydrogens (tertiary/aromatic N) is 4. The van der Waals surface area contributed by atoms with E-state index in [4.69, 9.17) is 11.7 Å². The van der Waals surface area contributed by atoms with Gasteiger partial charge in [0, 0.05) is 5.75 Å². The monoisotopic (exact) mass is 418 g/mol. The fourth-order valence-electron chi connectivity index (χ4n) is 3.33. The van der Waals surface area contributed by atoms with Gasteiger partial charge in [0.05, 0.1) is 4.75 Å². The van der Waals surface area contributed by atoms with Gasteiger partial charge in [-0.05, 0) is 16.7 Å². The summed E-state index contributed by atoms with van der Waals surface area (Å²) in [5.41, 5.74) is 3.22. The molecule has 0 fully saturated rings. The Hall–Kier alpha value is -3.52. The number of benzene rings is 3. The first-order valence-corrected chi connectivity index (χ1v) is 10.3. The van der Waals surface area contributed by atoms with Crippen LogP contribution in [0.15, 0.2) is 112 Å². The van der Waals surface area contributed by atoms with Crippen LogP contribution in [0.1, 0.15) is 16.7 Å². The molecule has 1 atom stereocenters. The van der Waals surface area contributed by atoms with E-state index in [1.54, 1.807) is 11.8 Å². The van der Waals surface area contributed by atoms with Gasteiger partial charge >= 0.3 is 0 Å². The van der Waals surface area contributed by atoms with Crippen molar-refractivity contribution in [1.29, 1.82) is 0 Å². The van der Waals surface area contributed by atoms with Crippen LogP contribution in [0.4, 0.5) is 0 Å². The molecule has 0 aromatic heterocycles. The van der Waals surface area contributed by atoms with Crippen molar-refractivity contribution in [2.24, 2.45) is 32.4 Å². The highest BCUT2D eigenvalue weighted by atomic mass is 32.2. The lowest BCUT2D eigenvalue weighted by Crippen LogP contribution is -2.29. The van der Waals surface area contributed by atoms with Gasteiger partial charge in [0.25, 0.3) is 5.91 Å². The maximum absolute atomic E-state index is 12.3. The third kappa shape index (κ3) is 4.55. The van der Waals surface area contributed by atoms with Crippen LogP contribution in [-0.4, -0.2) is 17.7 Å². The number of carbonyl (C=O) groups excluding carboxylic acids is 1. The lowest BCUT2D eigenvalue weighted by Gasteiger charge is -2.35. The standard InChI is InChI=1S/C22H22N6OS/c23-27-25-20(21(29)26-28-24)16-30-22(17-10-4-1-5-11-17,18-12-6-2-7-13-18)19-14-8-3-9-15-19/h1-15,20H,16H2,(H2,23,25)(H2,24,26,29)/t20-/m0/s1. The SMILES string of the molecule is NN=NC(=O)[C@H](CSC(c1ccccc1)(c1ccccc1)c1ccccc1)N=NN. The zero-order valence-corrected chi connectivity index (χ0v) is 17.0. The van der Waals surface area contributed by atoms with Crippen molar-refractivity contribution in [1.82, 2.24) is 0 Å². The number of rotatable bonds is 8. The van der Waals surface area contributed by atoms with E-state index in [1.807, 2.05) is 54.6 Å². The van der Waals surface area contributed by atoms with E-state index >= 15 is 0 Å². The predicted octanol–water partition coefficient (Wildman–Crippen LogP) is 4.26. The molecule has 0 aliphatic heterocycles. The maximum Gasteiger partial charge on any atom is 0.293 e. The molecule has 0 aliphatic rings. The molecule has 30 heavy (non-hydrogen) atoms. The average molecular weight is 419 g/mol. The molecule has 1 amide bonds. The molecular weight excluding hydrogens is 396 g/mol. The van der Waals surface area contributed by atoms with Crippen molar-refractivity contribution in [2.75, 3.05) is 5.75 Å². The van der Waals surface area contributed by atoms with Gasteiger partial charge in [-0.3, -0.25) is 4.79 Å². The van der Waals surface area contributed by atoms with Crippen molar-refractivity contribution < 1.29 is 4.79 Å². The van der Waals surface area contributed by atoms with Gasteiger partial charge in [0.2, 0.25) is 0 Å². The molecule has 0 aliphatic carbocycles. The van der Waals surface area contributed by atoms with Gasteiger partial charge in [0.1, 0.15) is 0 Å². The second kappa shape index (κ2) is 10.3. The fraction of sp³-hybridized carbons (Fsp3) is 0.136. The molecule has 7 nitrogen and oxygen atoms in total. The normalized spacial score (nSPS) is 12.9. The number of amides is 1. The molecule has 0 radical (unpaired) electrons. The lowest BCUT2D eigenvalue weighted by molar-refractivity contribution is -0.119. The zero-order chi connectivity index (χ0) is 21.2. The van der Waals surface area contributed by atoms with E-state index in [-0.39, 0.29) is 5.75 Å². The predicted molar refractivity (Wildman–Crippen MR) is 119 cm³/mol. The second-order valence-corrected chi connectivity index (χ2v) is 7.63. The molecule has 0 heterocycles. The Morgan fingerprint density at radius 3 is 1.57 bits per heavy atom. The van der Waals surface area contributed by atoms with E-state index in [1.165, 1.54) is 0 Å². The van der Waals surface area contributed by atoms with Gasteiger partial charge in [-0.1, -0.05) is 107 Å². The van der Waals surface area contributed by atoms with Crippen molar-refractivity contribution >= 4 is 17.7 Å². The zero-order valence-electron chi connectivity index (χ0n) is 16.2. The molecular formula is C22H22N6OS. The third-order valence-electron chi connectivity index (χ3n) is 4.65. The number of nitrogens with two attached hydrogens (primary N) is 2. The summed E-state index contributed by atoms with van der Waals surface area (Å²) >= 11 is 1.56. The number of hydrogen-bond acceptors (Lipinski definition) is 5. The van der Waals surface area contributed by atoms with Gasteiger partial charge in [-0.15, -0.1) is 11.8 Å². The third-order valence-corrected chi connectivity index (χ3v) is 6.27. The van der Waals surface area contributed by atoms with Gasteiger partial charge in [-0.25, -0.2) is 0 Å². The summed E-state index contributed by atoms with van der Waals surface area (Å²) in [5.74, 6) is 9.95. The minimum Gasteiger partial charge on any atom is -0.305 e. The van der Waals surface area contributed by atoms with Crippen molar-refractivity contribution in [3.63, 3.8) is 0 Å². The van der Waals surface area contributed by atoms with E-state index < -0.39 is 16.7 Å². The van der Waals surface area contributed by atoms with Crippen LogP contribution in [-0.2, 0) is 9.54 Å². The first-order valence-electron chi connectivity index (χ1n) is 9.27. The summed E-state index contributed by atoms with van der Waals surface area (Å²) < 4.78 is -0.591. The Bertz CT molecular complexity index is 899. The fourth-order valence-corrected chi connectivity index (χ4v) is 4.86. The largest absolute Gasteiger partial charge is 0.305 e. The summed E-state index contributed by atoms with van der Waals surface area (Å²) in [5, 5.41) is 13.6. The molecule has 0 saturated carbocycles. The number of thioether (sulfide) groups is 1. The summed E-state index contributed by atoms with van der Waals surface area (Å²) in [6.45, 7) is 0. The quantitative estimate of drug-likeness (QED) is 0.246. The van der Waals surface area contributed by atoms with Crippen LogP contribution >= 0.6 is 11.8 Å². The highest BCUT2D eigenvalue weighted by Gasteiger charge is 2.38. The highest BCUT2D eigenvalue weighted by Crippen LogP contribution is 2.48. The van der Waals surface area contributed by atoms with Crippen LogP contribution in [0, 0.1) is 0 Å². The smallest absolute Gasteiger partial charge is 0.293 e. The molecule has 0 spiro atoms. The Balaban J connectivity index is 2.15. The molecule has 3 aromatic rings. The first kappa shape index (κ1) is 21.2. The summed E-state index contributed by atoms with van der Waals surface area (Å²) in [6.07, 6.45) is 0. The second-order valence-electron chi connectivity index (χ2n) is 6.39. The van der Waals surface area contributed by atoms with Gasteiger partial charge in [-0.2, -0.15) is 5.11 Å². The Morgan fingerprint density at radius 2 is 1.20 bits per heavy atom. The molecule has 0 bridgehead atoms. The van der Waals surface area contributed by atoms with E-state index in [0.717, 1.165) is 16.7 Å². The lowest BCUT2D eigenvalue weighted by atomic mass is 9.84. The van der Waals surface area contributed by atoms with Crippen LogP contribution in [0.2, 0.25) is 0 Å². The summed E-state index contributed by atoms with van der Waals surface area (Å²) in [4.78, 5) is 12.3. The number of carbonyl (C=O) groups is 1. The molecule has 0 unspecified atom stereocenters. The highest BCUT2D eigenvalue weighted by molar-refractivity contribution is 8.00.